The zero-order chi connectivity index (χ0) is 16.8. The summed E-state index contributed by atoms with van der Waals surface area (Å²) in [5.74, 6) is 1.86. The highest BCUT2D eigenvalue weighted by atomic mass is 127. The zero-order valence-electron chi connectivity index (χ0n) is 15.3. The number of guanidine groups is 1. The van der Waals surface area contributed by atoms with E-state index < -0.39 is 0 Å². The first-order valence-electron chi connectivity index (χ1n) is 9.02. The Hall–Kier alpha value is -1.24. The van der Waals surface area contributed by atoms with Crippen LogP contribution in [0.5, 0.6) is 5.75 Å². The second-order valence-electron chi connectivity index (χ2n) is 6.93. The van der Waals surface area contributed by atoms with E-state index in [1.54, 1.807) is 7.11 Å². The van der Waals surface area contributed by atoms with Crippen LogP contribution in [0.2, 0.25) is 0 Å². The number of halogens is 1. The first-order chi connectivity index (χ1) is 11.8. The van der Waals surface area contributed by atoms with Gasteiger partial charge < -0.3 is 15.4 Å². The first kappa shape index (κ1) is 20.1. The highest BCUT2D eigenvalue weighted by Gasteiger charge is 2.36. The Morgan fingerprint density at radius 3 is 2.60 bits per heavy atom. The molecule has 3 rings (SSSR count). The van der Waals surface area contributed by atoms with Gasteiger partial charge in [-0.05, 0) is 43.4 Å². The third-order valence-electron chi connectivity index (χ3n) is 5.41. The monoisotopic (exact) mass is 455 g/mol. The van der Waals surface area contributed by atoms with Crippen molar-refractivity contribution in [3.05, 3.63) is 42.0 Å². The topological polar surface area (TPSA) is 45.7 Å². The Labute approximate surface area is 168 Å². The van der Waals surface area contributed by atoms with Gasteiger partial charge in [-0.15, -0.1) is 24.0 Å². The molecule has 0 unspecified atom stereocenters. The molecule has 0 radical (unpaired) electrons. The van der Waals surface area contributed by atoms with E-state index in [9.17, 15) is 0 Å². The highest BCUT2D eigenvalue weighted by Crippen LogP contribution is 2.41. The molecule has 0 aliphatic heterocycles. The maximum atomic E-state index is 5.43. The second kappa shape index (κ2) is 9.46. The molecule has 0 amide bonds. The summed E-state index contributed by atoms with van der Waals surface area (Å²) in [4.78, 5) is 4.41. The lowest BCUT2D eigenvalue weighted by Gasteiger charge is -2.31. The molecule has 2 aliphatic rings. The van der Waals surface area contributed by atoms with Crippen LogP contribution in [0, 0.1) is 0 Å². The largest absolute Gasteiger partial charge is 0.497 e. The van der Waals surface area contributed by atoms with Crippen molar-refractivity contribution in [2.75, 3.05) is 20.7 Å². The number of hydrogen-bond acceptors (Lipinski definition) is 2. The molecule has 1 fully saturated rings. The van der Waals surface area contributed by atoms with E-state index in [1.807, 2.05) is 13.1 Å². The Morgan fingerprint density at radius 2 is 1.96 bits per heavy atom. The van der Waals surface area contributed by atoms with Crippen LogP contribution in [0.1, 0.15) is 44.1 Å². The molecule has 0 atom stereocenters. The third kappa shape index (κ3) is 4.90. The molecular weight excluding hydrogens is 425 g/mol. The van der Waals surface area contributed by atoms with E-state index in [1.165, 1.54) is 31.2 Å². The van der Waals surface area contributed by atoms with Crippen LogP contribution >= 0.6 is 24.0 Å². The van der Waals surface area contributed by atoms with E-state index in [4.69, 9.17) is 4.74 Å². The zero-order valence-corrected chi connectivity index (χ0v) is 17.6. The van der Waals surface area contributed by atoms with E-state index >= 15 is 0 Å². The summed E-state index contributed by atoms with van der Waals surface area (Å²) >= 11 is 0. The van der Waals surface area contributed by atoms with Gasteiger partial charge in [0.25, 0.3) is 0 Å². The lowest BCUT2D eigenvalue weighted by molar-refractivity contribution is 0.403. The first-order valence-corrected chi connectivity index (χ1v) is 9.02. The van der Waals surface area contributed by atoms with Gasteiger partial charge in [-0.3, -0.25) is 4.99 Å². The molecule has 0 saturated heterocycles. The van der Waals surface area contributed by atoms with Crippen molar-refractivity contribution in [2.24, 2.45) is 4.99 Å². The summed E-state index contributed by atoms with van der Waals surface area (Å²) < 4.78 is 5.43. The minimum absolute atomic E-state index is 0. The fourth-order valence-corrected chi connectivity index (χ4v) is 3.95. The number of hydrogen-bond donors (Lipinski definition) is 2. The summed E-state index contributed by atoms with van der Waals surface area (Å²) in [7, 11) is 3.59. The second-order valence-corrected chi connectivity index (χ2v) is 6.93. The number of nitrogens with zero attached hydrogens (tertiary/aromatic N) is 1. The summed E-state index contributed by atoms with van der Waals surface area (Å²) in [6.45, 7) is 0.917. The van der Waals surface area contributed by atoms with Crippen LogP contribution in [-0.2, 0) is 5.41 Å². The van der Waals surface area contributed by atoms with Gasteiger partial charge in [-0.25, -0.2) is 0 Å². The Bertz CT molecular complexity index is 601. The normalized spacial score (nSPS) is 19.5. The summed E-state index contributed by atoms with van der Waals surface area (Å²) in [5.41, 5.74) is 1.56. The highest BCUT2D eigenvalue weighted by molar-refractivity contribution is 14.0. The molecule has 138 valence electrons. The fraction of sp³-hybridized carbons (Fsp3) is 0.550. The standard InChI is InChI=1S/C20H29N3O.HI/c1-21-19(23-17-9-3-4-10-17)22-15-20(12-5-6-13-20)16-8-7-11-18(14-16)24-2;/h3-4,7-8,11,14,17H,5-6,9-10,12-13,15H2,1-2H3,(H2,21,22,23);1H. The van der Waals surface area contributed by atoms with Crippen molar-refractivity contribution in [3.8, 4) is 5.75 Å². The van der Waals surface area contributed by atoms with Crippen molar-refractivity contribution in [1.82, 2.24) is 10.6 Å². The molecule has 2 aliphatic carbocycles. The van der Waals surface area contributed by atoms with Crippen molar-refractivity contribution in [3.63, 3.8) is 0 Å². The van der Waals surface area contributed by atoms with Crippen molar-refractivity contribution < 1.29 is 4.74 Å². The molecule has 0 spiro atoms. The SMILES string of the molecule is CN=C(NCC1(c2cccc(OC)c2)CCCC1)NC1CC=CC1.I. The van der Waals surface area contributed by atoms with Crippen molar-refractivity contribution in [2.45, 2.75) is 50.0 Å². The molecule has 0 heterocycles. The van der Waals surface area contributed by atoms with Gasteiger partial charge >= 0.3 is 0 Å². The van der Waals surface area contributed by atoms with Crippen LogP contribution in [0.4, 0.5) is 0 Å². The molecule has 1 aromatic rings. The van der Waals surface area contributed by atoms with Crippen LogP contribution in [-0.4, -0.2) is 32.7 Å². The number of ether oxygens (including phenoxy) is 1. The van der Waals surface area contributed by atoms with E-state index in [2.05, 4.69) is 46.0 Å². The predicted octanol–water partition coefficient (Wildman–Crippen LogP) is 4.01. The van der Waals surface area contributed by atoms with Gasteiger partial charge in [0.05, 0.1) is 7.11 Å². The van der Waals surface area contributed by atoms with Crippen LogP contribution in [0.3, 0.4) is 0 Å². The van der Waals surface area contributed by atoms with Gasteiger partial charge in [0, 0.05) is 25.0 Å². The number of aliphatic imine (C=N–C) groups is 1. The molecule has 5 heteroatoms. The van der Waals surface area contributed by atoms with E-state index in [0.717, 1.165) is 31.1 Å². The number of methoxy groups -OCH3 is 1. The van der Waals surface area contributed by atoms with Gasteiger partial charge in [0.2, 0.25) is 0 Å². The van der Waals surface area contributed by atoms with E-state index in [-0.39, 0.29) is 29.4 Å². The smallest absolute Gasteiger partial charge is 0.191 e. The number of nitrogens with one attached hydrogen (secondary N) is 2. The van der Waals surface area contributed by atoms with Gasteiger partial charge in [0.15, 0.2) is 5.96 Å². The predicted molar refractivity (Wildman–Crippen MR) is 115 cm³/mol. The van der Waals surface area contributed by atoms with Gasteiger partial charge in [-0.2, -0.15) is 0 Å². The summed E-state index contributed by atoms with van der Waals surface area (Å²) in [6, 6.07) is 9.04. The molecule has 0 aromatic heterocycles. The minimum Gasteiger partial charge on any atom is -0.497 e. The average molecular weight is 455 g/mol. The maximum absolute atomic E-state index is 5.43. The summed E-state index contributed by atoms with van der Waals surface area (Å²) in [5, 5.41) is 7.12. The van der Waals surface area contributed by atoms with Crippen LogP contribution in [0.15, 0.2) is 41.4 Å². The quantitative estimate of drug-likeness (QED) is 0.305. The van der Waals surface area contributed by atoms with E-state index in [0.29, 0.717) is 6.04 Å². The molecule has 1 aromatic carbocycles. The Balaban J connectivity index is 0.00000225. The van der Waals surface area contributed by atoms with Crippen LogP contribution in [0.25, 0.3) is 0 Å². The van der Waals surface area contributed by atoms with Crippen molar-refractivity contribution in [1.29, 1.82) is 0 Å². The summed E-state index contributed by atoms with van der Waals surface area (Å²) in [6.07, 6.45) is 11.7. The molecule has 1 saturated carbocycles. The maximum Gasteiger partial charge on any atom is 0.191 e. The van der Waals surface area contributed by atoms with Gasteiger partial charge in [0.1, 0.15) is 5.75 Å². The molecule has 25 heavy (non-hydrogen) atoms. The number of benzene rings is 1. The Morgan fingerprint density at radius 1 is 1.24 bits per heavy atom. The van der Waals surface area contributed by atoms with Crippen LogP contribution < -0.4 is 15.4 Å². The minimum atomic E-state index is 0. The molecule has 2 N–H and O–H groups in total. The fourth-order valence-electron chi connectivity index (χ4n) is 3.95. The third-order valence-corrected chi connectivity index (χ3v) is 5.41. The van der Waals surface area contributed by atoms with Crippen molar-refractivity contribution >= 4 is 29.9 Å². The Kier molecular flexibility index (Phi) is 7.59. The lowest BCUT2D eigenvalue weighted by Crippen LogP contribution is -2.47. The molecular formula is C20H30IN3O. The number of rotatable bonds is 5. The lowest BCUT2D eigenvalue weighted by atomic mass is 9.78. The van der Waals surface area contributed by atoms with Gasteiger partial charge in [-0.1, -0.05) is 37.1 Å². The molecule has 4 nitrogen and oxygen atoms in total. The molecule has 0 bridgehead atoms. The average Bonchev–Trinajstić information content (AvgIpc) is 3.31.